The molecule has 0 atom stereocenters. The third kappa shape index (κ3) is 8.29. The third-order valence-corrected chi connectivity index (χ3v) is 2.97. The highest BCUT2D eigenvalue weighted by Crippen LogP contribution is 2.28. The van der Waals surface area contributed by atoms with E-state index in [1.54, 1.807) is 0 Å². The normalized spacial score (nSPS) is 9.57. The van der Waals surface area contributed by atoms with Crippen LogP contribution in [0.4, 0.5) is 0 Å². The highest BCUT2D eigenvalue weighted by molar-refractivity contribution is 14.0. The van der Waals surface area contributed by atoms with E-state index in [1.165, 1.54) is 5.56 Å². The average molecular weight is 435 g/mol. The standard InChI is InChI=1S/C17H29N3O2.HI/c1-5-18-17(19-6-2)20-12-11-14-9-10-15(21-7-3)16(13-14)22-8-4;/h9-10,13H,5-8,11-12H2,1-4H3,(H2,18,19,20);1H. The summed E-state index contributed by atoms with van der Waals surface area (Å²) in [5.74, 6) is 2.47. The minimum Gasteiger partial charge on any atom is -0.490 e. The first-order valence-electron chi connectivity index (χ1n) is 8.15. The van der Waals surface area contributed by atoms with Gasteiger partial charge in [-0.15, -0.1) is 24.0 Å². The molecule has 5 nitrogen and oxygen atoms in total. The lowest BCUT2D eigenvalue weighted by Crippen LogP contribution is -2.37. The number of halogens is 1. The molecule has 23 heavy (non-hydrogen) atoms. The highest BCUT2D eigenvalue weighted by atomic mass is 127. The van der Waals surface area contributed by atoms with E-state index in [9.17, 15) is 0 Å². The first-order valence-corrected chi connectivity index (χ1v) is 8.15. The molecular weight excluding hydrogens is 405 g/mol. The number of hydrogen-bond acceptors (Lipinski definition) is 3. The zero-order valence-electron chi connectivity index (χ0n) is 14.6. The molecule has 0 bridgehead atoms. The van der Waals surface area contributed by atoms with Gasteiger partial charge in [-0.3, -0.25) is 4.99 Å². The number of aliphatic imine (C=N–C) groups is 1. The molecule has 0 saturated heterocycles. The molecule has 0 saturated carbocycles. The Kier molecular flexibility index (Phi) is 12.6. The van der Waals surface area contributed by atoms with Crippen molar-refractivity contribution in [3.63, 3.8) is 0 Å². The minimum absolute atomic E-state index is 0. The lowest BCUT2D eigenvalue weighted by molar-refractivity contribution is 0.287. The monoisotopic (exact) mass is 435 g/mol. The van der Waals surface area contributed by atoms with Crippen LogP contribution in [0.15, 0.2) is 23.2 Å². The van der Waals surface area contributed by atoms with Crippen LogP contribution in [0, 0.1) is 0 Å². The maximum Gasteiger partial charge on any atom is 0.191 e. The maximum absolute atomic E-state index is 5.65. The predicted octanol–water partition coefficient (Wildman–Crippen LogP) is 3.22. The molecule has 0 unspecified atom stereocenters. The van der Waals surface area contributed by atoms with Crippen LogP contribution < -0.4 is 20.1 Å². The predicted molar refractivity (Wildman–Crippen MR) is 108 cm³/mol. The lowest BCUT2D eigenvalue weighted by Gasteiger charge is -2.12. The summed E-state index contributed by atoms with van der Waals surface area (Å²) in [5.41, 5.74) is 1.20. The molecule has 132 valence electrons. The second-order valence-electron chi connectivity index (χ2n) is 4.69. The topological polar surface area (TPSA) is 54.9 Å². The summed E-state index contributed by atoms with van der Waals surface area (Å²) in [5, 5.41) is 6.44. The van der Waals surface area contributed by atoms with Crippen molar-refractivity contribution in [2.75, 3.05) is 32.8 Å². The molecule has 0 amide bonds. The Morgan fingerprint density at radius 2 is 1.57 bits per heavy atom. The zero-order valence-corrected chi connectivity index (χ0v) is 17.0. The van der Waals surface area contributed by atoms with Crippen LogP contribution in [0.5, 0.6) is 11.5 Å². The number of nitrogens with one attached hydrogen (secondary N) is 2. The third-order valence-electron chi connectivity index (χ3n) is 2.97. The zero-order chi connectivity index (χ0) is 16.2. The summed E-state index contributed by atoms with van der Waals surface area (Å²) in [6, 6.07) is 6.09. The summed E-state index contributed by atoms with van der Waals surface area (Å²) in [6.07, 6.45) is 0.868. The first-order chi connectivity index (χ1) is 10.7. The van der Waals surface area contributed by atoms with Gasteiger partial charge in [0.2, 0.25) is 0 Å². The average Bonchev–Trinajstić information content (AvgIpc) is 2.50. The van der Waals surface area contributed by atoms with Crippen molar-refractivity contribution in [2.45, 2.75) is 34.1 Å². The Hall–Kier alpha value is -1.18. The van der Waals surface area contributed by atoms with Crippen LogP contribution in [-0.2, 0) is 6.42 Å². The van der Waals surface area contributed by atoms with Crippen molar-refractivity contribution in [1.82, 2.24) is 10.6 Å². The fourth-order valence-electron chi connectivity index (χ4n) is 2.06. The second-order valence-corrected chi connectivity index (χ2v) is 4.69. The van der Waals surface area contributed by atoms with Crippen LogP contribution in [0.25, 0.3) is 0 Å². The Labute approximate surface area is 157 Å². The van der Waals surface area contributed by atoms with Gasteiger partial charge in [-0.2, -0.15) is 0 Å². The van der Waals surface area contributed by atoms with Crippen molar-refractivity contribution < 1.29 is 9.47 Å². The molecule has 2 N–H and O–H groups in total. The Morgan fingerprint density at radius 3 is 2.13 bits per heavy atom. The van der Waals surface area contributed by atoms with Gasteiger partial charge >= 0.3 is 0 Å². The first kappa shape index (κ1) is 21.8. The van der Waals surface area contributed by atoms with E-state index in [0.29, 0.717) is 13.2 Å². The van der Waals surface area contributed by atoms with Crippen molar-refractivity contribution in [2.24, 2.45) is 4.99 Å². The van der Waals surface area contributed by atoms with E-state index in [0.717, 1.165) is 43.5 Å². The summed E-state index contributed by atoms with van der Waals surface area (Å²) in [6.45, 7) is 11.8. The quantitative estimate of drug-likeness (QED) is 0.355. The Morgan fingerprint density at radius 1 is 0.957 bits per heavy atom. The largest absolute Gasteiger partial charge is 0.490 e. The van der Waals surface area contributed by atoms with E-state index in [1.807, 2.05) is 26.0 Å². The minimum atomic E-state index is 0. The molecule has 6 heteroatoms. The summed E-state index contributed by atoms with van der Waals surface area (Å²) >= 11 is 0. The fourth-order valence-corrected chi connectivity index (χ4v) is 2.06. The summed E-state index contributed by atoms with van der Waals surface area (Å²) in [4.78, 5) is 4.56. The number of ether oxygens (including phenoxy) is 2. The van der Waals surface area contributed by atoms with Gasteiger partial charge in [-0.25, -0.2) is 0 Å². The van der Waals surface area contributed by atoms with E-state index >= 15 is 0 Å². The maximum atomic E-state index is 5.65. The van der Waals surface area contributed by atoms with E-state index < -0.39 is 0 Å². The number of hydrogen-bond donors (Lipinski definition) is 2. The number of guanidine groups is 1. The van der Waals surface area contributed by atoms with Gasteiger partial charge in [0.1, 0.15) is 0 Å². The molecule has 0 aliphatic rings. The van der Waals surface area contributed by atoms with E-state index in [4.69, 9.17) is 9.47 Å². The van der Waals surface area contributed by atoms with Crippen LogP contribution in [0.3, 0.4) is 0 Å². The van der Waals surface area contributed by atoms with Crippen molar-refractivity contribution >= 4 is 29.9 Å². The Balaban J connectivity index is 0.00000484. The molecule has 0 aliphatic carbocycles. The molecular formula is C17H30IN3O2. The fraction of sp³-hybridized carbons (Fsp3) is 0.588. The Bertz CT molecular complexity index is 459. The van der Waals surface area contributed by atoms with Crippen molar-refractivity contribution in [3.8, 4) is 11.5 Å². The lowest BCUT2D eigenvalue weighted by atomic mass is 10.1. The van der Waals surface area contributed by atoms with Gasteiger partial charge in [0.25, 0.3) is 0 Å². The molecule has 1 rings (SSSR count). The van der Waals surface area contributed by atoms with Gasteiger partial charge in [-0.05, 0) is 51.8 Å². The smallest absolute Gasteiger partial charge is 0.191 e. The molecule has 0 aliphatic heterocycles. The van der Waals surface area contributed by atoms with Gasteiger partial charge in [0, 0.05) is 19.6 Å². The van der Waals surface area contributed by atoms with Gasteiger partial charge < -0.3 is 20.1 Å². The molecule has 0 radical (unpaired) electrons. The van der Waals surface area contributed by atoms with E-state index in [-0.39, 0.29) is 24.0 Å². The van der Waals surface area contributed by atoms with Crippen molar-refractivity contribution in [3.05, 3.63) is 23.8 Å². The highest BCUT2D eigenvalue weighted by Gasteiger charge is 2.06. The van der Waals surface area contributed by atoms with Crippen LogP contribution in [-0.4, -0.2) is 38.8 Å². The number of rotatable bonds is 9. The van der Waals surface area contributed by atoms with Crippen LogP contribution >= 0.6 is 24.0 Å². The molecule has 0 heterocycles. The molecule has 0 spiro atoms. The second kappa shape index (κ2) is 13.3. The van der Waals surface area contributed by atoms with Crippen molar-refractivity contribution in [1.29, 1.82) is 0 Å². The van der Waals surface area contributed by atoms with Gasteiger partial charge in [-0.1, -0.05) is 6.07 Å². The van der Waals surface area contributed by atoms with Gasteiger partial charge in [0.05, 0.1) is 13.2 Å². The summed E-state index contributed by atoms with van der Waals surface area (Å²) in [7, 11) is 0. The molecule has 0 fully saturated rings. The summed E-state index contributed by atoms with van der Waals surface area (Å²) < 4.78 is 11.2. The van der Waals surface area contributed by atoms with Gasteiger partial charge in [0.15, 0.2) is 17.5 Å². The number of benzene rings is 1. The van der Waals surface area contributed by atoms with Crippen LogP contribution in [0.2, 0.25) is 0 Å². The molecule has 1 aromatic rings. The molecule has 1 aromatic carbocycles. The van der Waals surface area contributed by atoms with Crippen LogP contribution in [0.1, 0.15) is 33.3 Å². The number of nitrogens with zero attached hydrogens (tertiary/aromatic N) is 1. The SMILES string of the molecule is CCNC(=NCCc1ccc(OCC)c(OCC)c1)NCC.I. The van der Waals surface area contributed by atoms with E-state index in [2.05, 4.69) is 35.5 Å². The molecule has 0 aromatic heterocycles.